The molecule has 1 aromatic rings. The molecule has 4 nitrogen and oxygen atoms in total. The van der Waals surface area contributed by atoms with E-state index in [0.29, 0.717) is 17.1 Å². The number of alkyl halides is 1. The monoisotopic (exact) mass is 325 g/mol. The zero-order valence-corrected chi connectivity index (χ0v) is 12.4. The average molecular weight is 326 g/mol. The van der Waals surface area contributed by atoms with Crippen LogP contribution in [0.25, 0.3) is 0 Å². The maximum absolute atomic E-state index is 13.8. The first-order valence-corrected chi connectivity index (χ1v) is 9.11. The van der Waals surface area contributed by atoms with Crippen molar-refractivity contribution >= 4 is 32.4 Å². The molecule has 0 atom stereocenters. The first kappa shape index (κ1) is 14.9. The number of halogens is 2. The van der Waals surface area contributed by atoms with E-state index in [-0.39, 0.29) is 23.9 Å². The van der Waals surface area contributed by atoms with Crippen LogP contribution in [0.2, 0.25) is 0 Å². The quantitative estimate of drug-likeness (QED) is 0.788. The largest absolute Gasteiger partial charge is 0.259 e. The van der Waals surface area contributed by atoms with E-state index in [1.807, 2.05) is 0 Å². The SMILES string of the molecule is O=S1CCN(S(=O)(=O)c2ccc(CCl)cc2F)CC1. The van der Waals surface area contributed by atoms with Gasteiger partial charge in [-0.2, -0.15) is 4.31 Å². The van der Waals surface area contributed by atoms with Crippen LogP contribution < -0.4 is 0 Å². The summed E-state index contributed by atoms with van der Waals surface area (Å²) in [5, 5.41) is 0. The van der Waals surface area contributed by atoms with Crippen molar-refractivity contribution in [1.29, 1.82) is 0 Å². The van der Waals surface area contributed by atoms with Gasteiger partial charge in [0.2, 0.25) is 10.0 Å². The summed E-state index contributed by atoms with van der Waals surface area (Å²) in [6.45, 7) is 0.317. The van der Waals surface area contributed by atoms with E-state index in [2.05, 4.69) is 0 Å². The van der Waals surface area contributed by atoms with Crippen LogP contribution in [0.15, 0.2) is 23.1 Å². The molecular formula is C11H13ClFNO3S2. The smallest absolute Gasteiger partial charge is 0.246 e. The summed E-state index contributed by atoms with van der Waals surface area (Å²) in [6, 6.07) is 3.85. The summed E-state index contributed by atoms with van der Waals surface area (Å²) in [5.41, 5.74) is 0.526. The van der Waals surface area contributed by atoms with Crippen molar-refractivity contribution < 1.29 is 17.0 Å². The van der Waals surface area contributed by atoms with E-state index >= 15 is 0 Å². The highest BCUT2D eigenvalue weighted by Crippen LogP contribution is 2.22. The van der Waals surface area contributed by atoms with Gasteiger partial charge in [0.1, 0.15) is 10.7 Å². The fraction of sp³-hybridized carbons (Fsp3) is 0.455. The van der Waals surface area contributed by atoms with Gasteiger partial charge in [0.15, 0.2) is 0 Å². The van der Waals surface area contributed by atoms with Gasteiger partial charge in [-0.25, -0.2) is 12.8 Å². The number of sulfonamides is 1. The Labute approximate surface area is 119 Å². The van der Waals surface area contributed by atoms with Crippen molar-refractivity contribution in [3.05, 3.63) is 29.6 Å². The van der Waals surface area contributed by atoms with Crippen LogP contribution in [0.4, 0.5) is 4.39 Å². The van der Waals surface area contributed by atoms with Gasteiger partial charge in [-0.15, -0.1) is 11.6 Å². The van der Waals surface area contributed by atoms with Gasteiger partial charge in [0, 0.05) is 41.3 Å². The molecule has 0 bridgehead atoms. The second-order valence-corrected chi connectivity index (χ2v) is 8.02. The van der Waals surface area contributed by atoms with Crippen molar-refractivity contribution in [3.8, 4) is 0 Å². The van der Waals surface area contributed by atoms with Crippen LogP contribution >= 0.6 is 11.6 Å². The van der Waals surface area contributed by atoms with Crippen LogP contribution in [0.5, 0.6) is 0 Å². The Hall–Kier alpha value is -0.500. The third-order valence-corrected chi connectivity index (χ3v) is 6.42. The third-order valence-electron chi connectivity index (χ3n) is 2.91. The minimum Gasteiger partial charge on any atom is -0.259 e. The molecular weight excluding hydrogens is 313 g/mol. The van der Waals surface area contributed by atoms with E-state index in [4.69, 9.17) is 11.6 Å². The van der Waals surface area contributed by atoms with Gasteiger partial charge in [0.05, 0.1) is 0 Å². The lowest BCUT2D eigenvalue weighted by Crippen LogP contribution is -2.41. The van der Waals surface area contributed by atoms with Crippen LogP contribution in [-0.2, 0) is 26.7 Å². The lowest BCUT2D eigenvalue weighted by molar-refractivity contribution is 0.434. The van der Waals surface area contributed by atoms with Crippen LogP contribution in [-0.4, -0.2) is 41.5 Å². The van der Waals surface area contributed by atoms with E-state index in [0.717, 1.165) is 6.07 Å². The van der Waals surface area contributed by atoms with Crippen molar-refractivity contribution in [2.75, 3.05) is 24.6 Å². The highest BCUT2D eigenvalue weighted by molar-refractivity contribution is 7.89. The van der Waals surface area contributed by atoms with E-state index in [1.54, 1.807) is 0 Å². The molecule has 2 rings (SSSR count). The molecule has 0 radical (unpaired) electrons. The third kappa shape index (κ3) is 3.16. The normalized spacial score (nSPS) is 18.6. The Morgan fingerprint density at radius 1 is 1.32 bits per heavy atom. The number of nitrogens with zero attached hydrogens (tertiary/aromatic N) is 1. The Kier molecular flexibility index (Phi) is 4.60. The molecule has 1 heterocycles. The summed E-state index contributed by atoms with van der Waals surface area (Å²) in [7, 11) is -4.84. The second kappa shape index (κ2) is 5.87. The summed E-state index contributed by atoms with van der Waals surface area (Å²) in [6.07, 6.45) is 0. The van der Waals surface area contributed by atoms with Gasteiger partial charge in [-0.1, -0.05) is 6.07 Å². The Bertz CT molecular complexity index is 596. The molecule has 1 saturated heterocycles. The van der Waals surface area contributed by atoms with Crippen LogP contribution in [0.3, 0.4) is 0 Å². The number of benzene rings is 1. The molecule has 0 saturated carbocycles. The Morgan fingerprint density at radius 2 is 1.95 bits per heavy atom. The van der Waals surface area contributed by atoms with E-state index in [1.165, 1.54) is 16.4 Å². The molecule has 0 N–H and O–H groups in total. The molecule has 0 spiro atoms. The zero-order valence-electron chi connectivity index (χ0n) is 10.0. The van der Waals surface area contributed by atoms with Gasteiger partial charge >= 0.3 is 0 Å². The molecule has 0 aliphatic carbocycles. The lowest BCUT2D eigenvalue weighted by Gasteiger charge is -2.25. The molecule has 8 heteroatoms. The van der Waals surface area contributed by atoms with Crippen LogP contribution in [0.1, 0.15) is 5.56 Å². The predicted octanol–water partition coefficient (Wildman–Crippen LogP) is 1.32. The number of rotatable bonds is 3. The molecule has 0 unspecified atom stereocenters. The van der Waals surface area contributed by atoms with Gasteiger partial charge in [-0.05, 0) is 17.7 Å². The van der Waals surface area contributed by atoms with Crippen molar-refractivity contribution in [2.45, 2.75) is 10.8 Å². The van der Waals surface area contributed by atoms with Gasteiger partial charge < -0.3 is 0 Å². The maximum atomic E-state index is 13.8. The van der Waals surface area contributed by atoms with E-state index < -0.39 is 26.6 Å². The second-order valence-electron chi connectivity index (χ2n) is 4.15. The topological polar surface area (TPSA) is 54.5 Å². The number of hydrogen-bond acceptors (Lipinski definition) is 3. The van der Waals surface area contributed by atoms with Gasteiger partial charge in [0.25, 0.3) is 0 Å². The molecule has 0 amide bonds. The molecule has 1 aliphatic heterocycles. The zero-order chi connectivity index (χ0) is 14.0. The molecule has 0 aromatic heterocycles. The fourth-order valence-corrected chi connectivity index (χ4v) is 4.77. The number of hydrogen-bond donors (Lipinski definition) is 0. The summed E-state index contributed by atoms with van der Waals surface area (Å²) in [4.78, 5) is -0.353. The van der Waals surface area contributed by atoms with E-state index in [9.17, 15) is 17.0 Å². The minimum atomic E-state index is -3.86. The first-order valence-electron chi connectivity index (χ1n) is 5.64. The predicted molar refractivity (Wildman–Crippen MR) is 72.6 cm³/mol. The highest BCUT2D eigenvalue weighted by Gasteiger charge is 2.30. The van der Waals surface area contributed by atoms with Crippen LogP contribution in [0, 0.1) is 5.82 Å². The summed E-state index contributed by atoms with van der Waals surface area (Å²) in [5.74, 6) is -0.0916. The standard InChI is InChI=1S/C11H13ClFNO3S2/c12-8-9-1-2-11(10(13)7-9)19(16,17)14-3-5-18(15)6-4-14/h1-2,7H,3-6,8H2. The molecule has 1 fully saturated rings. The summed E-state index contributed by atoms with van der Waals surface area (Å²) < 4.78 is 50.8. The van der Waals surface area contributed by atoms with Crippen molar-refractivity contribution in [3.63, 3.8) is 0 Å². The Morgan fingerprint density at radius 3 is 2.47 bits per heavy atom. The molecule has 1 aromatic carbocycles. The minimum absolute atomic E-state index is 0.125. The molecule has 1 aliphatic rings. The highest BCUT2D eigenvalue weighted by atomic mass is 35.5. The fourth-order valence-electron chi connectivity index (χ4n) is 1.84. The average Bonchev–Trinajstić information content (AvgIpc) is 2.38. The summed E-state index contributed by atoms with van der Waals surface area (Å²) >= 11 is 5.57. The maximum Gasteiger partial charge on any atom is 0.246 e. The Balaban J connectivity index is 2.31. The van der Waals surface area contributed by atoms with Crippen molar-refractivity contribution in [2.24, 2.45) is 0 Å². The molecule has 19 heavy (non-hydrogen) atoms. The molecule has 106 valence electrons. The first-order chi connectivity index (χ1) is 8.95. The van der Waals surface area contributed by atoms with Crippen molar-refractivity contribution in [1.82, 2.24) is 4.31 Å². The lowest BCUT2D eigenvalue weighted by atomic mass is 10.2. The van der Waals surface area contributed by atoms with Gasteiger partial charge in [-0.3, -0.25) is 4.21 Å².